The number of fused-ring (bicyclic) bond motifs is 10. The Balaban J connectivity index is 1.28. The maximum absolute atomic E-state index is 10.6. The maximum atomic E-state index is 10.6. The van der Waals surface area contributed by atoms with Crippen molar-refractivity contribution in [2.75, 3.05) is 0 Å². The predicted molar refractivity (Wildman–Crippen MR) is 197 cm³/mol. The van der Waals surface area contributed by atoms with E-state index < -0.39 is 0 Å². The molecule has 0 aliphatic carbocycles. The molecule has 0 spiro atoms. The Morgan fingerprint density at radius 1 is 0.469 bits per heavy atom. The van der Waals surface area contributed by atoms with Crippen LogP contribution in [0.25, 0.3) is 88.1 Å². The molecule has 0 unspecified atom stereocenters. The zero-order chi connectivity index (χ0) is 32.6. The van der Waals surface area contributed by atoms with E-state index in [0.717, 1.165) is 88.1 Å². The van der Waals surface area contributed by atoms with Gasteiger partial charge in [-0.15, -0.1) is 0 Å². The summed E-state index contributed by atoms with van der Waals surface area (Å²) in [5.74, 6) is 0. The van der Waals surface area contributed by atoms with Gasteiger partial charge in [0, 0.05) is 37.9 Å². The highest BCUT2D eigenvalue weighted by Gasteiger charge is 2.23. The van der Waals surface area contributed by atoms with Crippen LogP contribution < -0.4 is 0 Å². The number of hydrogen-bond donors (Lipinski definition) is 0. The van der Waals surface area contributed by atoms with Crippen LogP contribution in [0.5, 0.6) is 0 Å². The van der Waals surface area contributed by atoms with E-state index >= 15 is 0 Å². The monoisotopic (exact) mass is 624 g/mol. The Kier molecular flexibility index (Phi) is 5.64. The van der Waals surface area contributed by atoms with Crippen LogP contribution in [0.3, 0.4) is 0 Å². The molecule has 0 amide bonds. The van der Waals surface area contributed by atoms with Crippen molar-refractivity contribution >= 4 is 65.6 Å². The fourth-order valence-electron chi connectivity index (χ4n) is 7.74. The van der Waals surface area contributed by atoms with E-state index in [1.54, 1.807) is 0 Å². The van der Waals surface area contributed by atoms with Crippen molar-refractivity contribution in [2.24, 2.45) is 0 Å². The molecule has 10 rings (SSSR count). The van der Waals surface area contributed by atoms with Gasteiger partial charge in [0.2, 0.25) is 0 Å². The topological polar surface area (TPSA) is 70.6 Å². The fourth-order valence-corrected chi connectivity index (χ4v) is 7.74. The SMILES string of the molecule is N#Cc1cc(-c2cccc(C#N)c2-n2c3ccccc3c3ccc4c5ccccc5oc4c32)ccc1-n1c2ccccc2c2ccccc21. The molecular weight excluding hydrogens is 601 g/mol. The number of furan rings is 1. The van der Waals surface area contributed by atoms with Crippen LogP contribution >= 0.6 is 0 Å². The largest absolute Gasteiger partial charge is 0.454 e. The average Bonchev–Trinajstić information content (AvgIpc) is 3.82. The second-order valence-electron chi connectivity index (χ2n) is 12.3. The summed E-state index contributed by atoms with van der Waals surface area (Å²) in [6.07, 6.45) is 0. The lowest BCUT2D eigenvalue weighted by molar-refractivity contribution is 0.671. The Morgan fingerprint density at radius 3 is 1.76 bits per heavy atom. The quantitative estimate of drug-likeness (QED) is 0.196. The Bertz CT molecular complexity index is 3030. The summed E-state index contributed by atoms with van der Waals surface area (Å²) in [6.45, 7) is 0. The van der Waals surface area contributed by atoms with E-state index in [-0.39, 0.29) is 0 Å². The third kappa shape index (κ3) is 3.73. The fraction of sp³-hybridized carbons (Fsp3) is 0. The van der Waals surface area contributed by atoms with Crippen LogP contribution in [0.1, 0.15) is 11.1 Å². The van der Waals surface area contributed by atoms with Crippen molar-refractivity contribution < 1.29 is 4.42 Å². The van der Waals surface area contributed by atoms with Gasteiger partial charge in [0.15, 0.2) is 5.58 Å². The summed E-state index contributed by atoms with van der Waals surface area (Å²) < 4.78 is 10.9. The zero-order valence-electron chi connectivity index (χ0n) is 26.1. The molecule has 7 aromatic carbocycles. The maximum Gasteiger partial charge on any atom is 0.160 e. The molecular formula is C44H24N4O. The molecule has 5 nitrogen and oxygen atoms in total. The van der Waals surface area contributed by atoms with Gasteiger partial charge in [-0.3, -0.25) is 0 Å². The lowest BCUT2D eigenvalue weighted by Gasteiger charge is -2.17. The summed E-state index contributed by atoms with van der Waals surface area (Å²) >= 11 is 0. The molecule has 0 atom stereocenters. The summed E-state index contributed by atoms with van der Waals surface area (Å²) in [4.78, 5) is 0. The van der Waals surface area contributed by atoms with Gasteiger partial charge in [-0.1, -0.05) is 97.1 Å². The molecule has 3 heterocycles. The number of nitriles is 2. The molecule has 10 aromatic rings. The first-order valence-corrected chi connectivity index (χ1v) is 16.1. The van der Waals surface area contributed by atoms with E-state index in [1.807, 2.05) is 84.9 Å². The first-order chi connectivity index (χ1) is 24.2. The van der Waals surface area contributed by atoms with Gasteiger partial charge in [-0.25, -0.2) is 0 Å². The first kappa shape index (κ1) is 27.1. The summed E-state index contributed by atoms with van der Waals surface area (Å²) in [5, 5.41) is 27.7. The van der Waals surface area contributed by atoms with E-state index in [0.29, 0.717) is 11.1 Å². The van der Waals surface area contributed by atoms with E-state index in [9.17, 15) is 10.5 Å². The third-order valence-electron chi connectivity index (χ3n) is 9.81. The molecule has 0 aliphatic heterocycles. The summed E-state index contributed by atoms with van der Waals surface area (Å²) in [6, 6.07) is 54.0. The van der Waals surface area contributed by atoms with Crippen molar-refractivity contribution in [2.45, 2.75) is 0 Å². The van der Waals surface area contributed by atoms with Crippen molar-refractivity contribution in [3.63, 3.8) is 0 Å². The number of para-hydroxylation sites is 5. The van der Waals surface area contributed by atoms with Gasteiger partial charge < -0.3 is 13.6 Å². The van der Waals surface area contributed by atoms with Crippen LogP contribution in [-0.4, -0.2) is 9.13 Å². The van der Waals surface area contributed by atoms with Crippen LogP contribution in [-0.2, 0) is 0 Å². The number of hydrogen-bond acceptors (Lipinski definition) is 3. The predicted octanol–water partition coefficient (Wildman–Crippen LogP) is 11.2. The molecule has 0 N–H and O–H groups in total. The van der Waals surface area contributed by atoms with E-state index in [4.69, 9.17) is 4.42 Å². The molecule has 0 saturated carbocycles. The molecule has 5 heteroatoms. The summed E-state index contributed by atoms with van der Waals surface area (Å²) in [5.41, 5.74) is 9.86. The number of nitrogens with zero attached hydrogens (tertiary/aromatic N) is 4. The second-order valence-corrected chi connectivity index (χ2v) is 12.3. The minimum atomic E-state index is 0.526. The lowest BCUT2D eigenvalue weighted by atomic mass is 9.97. The highest BCUT2D eigenvalue weighted by Crippen LogP contribution is 2.43. The molecule has 0 radical (unpaired) electrons. The van der Waals surface area contributed by atoms with Gasteiger partial charge in [0.25, 0.3) is 0 Å². The molecule has 0 saturated heterocycles. The van der Waals surface area contributed by atoms with Crippen molar-refractivity contribution in [1.82, 2.24) is 9.13 Å². The molecule has 3 aromatic heterocycles. The van der Waals surface area contributed by atoms with Crippen LogP contribution in [0.2, 0.25) is 0 Å². The molecule has 226 valence electrons. The van der Waals surface area contributed by atoms with Gasteiger partial charge >= 0.3 is 0 Å². The number of rotatable bonds is 3. The van der Waals surface area contributed by atoms with Crippen LogP contribution in [0.15, 0.2) is 150 Å². The van der Waals surface area contributed by atoms with Crippen LogP contribution in [0, 0.1) is 22.7 Å². The first-order valence-electron chi connectivity index (χ1n) is 16.1. The second kappa shape index (κ2) is 10.2. The highest BCUT2D eigenvalue weighted by atomic mass is 16.3. The minimum Gasteiger partial charge on any atom is -0.454 e. The zero-order valence-corrected chi connectivity index (χ0v) is 26.1. The van der Waals surface area contributed by atoms with E-state index in [2.05, 4.69) is 81.9 Å². The molecule has 0 aliphatic rings. The standard InChI is InChI=1S/C44H24N4O/c45-25-28-10-9-15-30(27-20-23-37(29(24-27)26-46)47-38-16-5-1-11-31(38)32-12-2-6-17-39(32)47)42(28)48-40-18-7-3-13-33(40)35-21-22-36-34-14-4-8-19-41(34)49-44(36)43(35)48/h1-24H. The summed E-state index contributed by atoms with van der Waals surface area (Å²) in [7, 11) is 0. The molecule has 49 heavy (non-hydrogen) atoms. The minimum absolute atomic E-state index is 0.526. The normalized spacial score (nSPS) is 11.6. The van der Waals surface area contributed by atoms with Gasteiger partial charge in [-0.05, 0) is 54.1 Å². The van der Waals surface area contributed by atoms with Crippen molar-refractivity contribution in [3.05, 3.63) is 157 Å². The number of aromatic nitrogens is 2. The van der Waals surface area contributed by atoms with Crippen molar-refractivity contribution in [1.29, 1.82) is 10.5 Å². The Labute approximate surface area is 280 Å². The van der Waals surface area contributed by atoms with Gasteiger partial charge in [0.05, 0.1) is 44.6 Å². The van der Waals surface area contributed by atoms with Crippen LogP contribution in [0.4, 0.5) is 0 Å². The molecule has 0 fully saturated rings. The average molecular weight is 625 g/mol. The lowest BCUT2D eigenvalue weighted by Crippen LogP contribution is -2.02. The van der Waals surface area contributed by atoms with E-state index in [1.165, 1.54) is 0 Å². The smallest absolute Gasteiger partial charge is 0.160 e. The van der Waals surface area contributed by atoms with Gasteiger partial charge in [0.1, 0.15) is 17.7 Å². The highest BCUT2D eigenvalue weighted by molar-refractivity contribution is 6.22. The third-order valence-corrected chi connectivity index (χ3v) is 9.81. The Hall–Kier alpha value is -7.08. The van der Waals surface area contributed by atoms with Crippen molar-refractivity contribution in [3.8, 4) is 34.6 Å². The van der Waals surface area contributed by atoms with Gasteiger partial charge in [-0.2, -0.15) is 10.5 Å². The number of benzene rings is 7. The Morgan fingerprint density at radius 2 is 1.06 bits per heavy atom. The molecule has 0 bridgehead atoms.